The first-order valence-corrected chi connectivity index (χ1v) is 11.7. The van der Waals surface area contributed by atoms with Crippen LogP contribution in [0.4, 0.5) is 10.1 Å². The zero-order chi connectivity index (χ0) is 22.5. The van der Waals surface area contributed by atoms with Gasteiger partial charge in [0.2, 0.25) is 0 Å². The van der Waals surface area contributed by atoms with Crippen molar-refractivity contribution in [1.82, 2.24) is 4.98 Å². The molecule has 32 heavy (non-hydrogen) atoms. The van der Waals surface area contributed by atoms with Crippen LogP contribution in [0.3, 0.4) is 0 Å². The Kier molecular flexibility index (Phi) is 7.04. The molecule has 0 radical (unpaired) electrons. The molecule has 0 spiro atoms. The van der Waals surface area contributed by atoms with Gasteiger partial charge in [0.05, 0.1) is 21.5 Å². The fourth-order valence-corrected chi connectivity index (χ4v) is 4.97. The predicted molar refractivity (Wildman–Crippen MR) is 126 cm³/mol. The summed E-state index contributed by atoms with van der Waals surface area (Å²) < 4.78 is 20.9. The molecule has 0 aliphatic heterocycles. The summed E-state index contributed by atoms with van der Waals surface area (Å²) in [5.41, 5.74) is 2.30. The standard InChI is InChI=1S/C23H16ClFN2O3S2/c24-16-9-10-18(17(25)11-16)26-21(28)12-30-22(29)15-7-5-14(6-8-15)13-31-23-27-19-3-1-2-4-20(19)32-23/h1-11H,12-13H2,(H,26,28). The Morgan fingerprint density at radius 2 is 1.88 bits per heavy atom. The minimum atomic E-state index is -0.670. The zero-order valence-corrected chi connectivity index (χ0v) is 18.9. The van der Waals surface area contributed by atoms with Gasteiger partial charge < -0.3 is 10.1 Å². The van der Waals surface area contributed by atoms with E-state index >= 15 is 0 Å². The maximum absolute atomic E-state index is 13.7. The lowest BCUT2D eigenvalue weighted by molar-refractivity contribution is -0.119. The minimum absolute atomic E-state index is 0.0366. The van der Waals surface area contributed by atoms with E-state index in [2.05, 4.69) is 10.3 Å². The van der Waals surface area contributed by atoms with E-state index < -0.39 is 24.3 Å². The fourth-order valence-electron chi connectivity index (χ4n) is 2.79. The molecule has 0 fully saturated rings. The second kappa shape index (κ2) is 10.1. The average molecular weight is 487 g/mol. The molecule has 162 valence electrons. The first-order chi connectivity index (χ1) is 15.5. The second-order valence-electron chi connectivity index (χ2n) is 6.68. The minimum Gasteiger partial charge on any atom is -0.452 e. The molecule has 0 atom stereocenters. The van der Waals surface area contributed by atoms with Gasteiger partial charge in [-0.2, -0.15) is 0 Å². The van der Waals surface area contributed by atoms with Gasteiger partial charge in [-0.25, -0.2) is 14.2 Å². The molecule has 1 aromatic heterocycles. The molecule has 1 N–H and O–H groups in total. The first-order valence-electron chi connectivity index (χ1n) is 9.47. The number of ether oxygens (including phenoxy) is 1. The average Bonchev–Trinajstić information content (AvgIpc) is 3.21. The number of thiazole rings is 1. The lowest BCUT2D eigenvalue weighted by Crippen LogP contribution is -2.21. The molecule has 5 nitrogen and oxygen atoms in total. The monoisotopic (exact) mass is 486 g/mol. The Bertz CT molecular complexity index is 1240. The van der Waals surface area contributed by atoms with Crippen molar-refractivity contribution < 1.29 is 18.7 Å². The number of halogens is 2. The van der Waals surface area contributed by atoms with Crippen LogP contribution in [0, 0.1) is 5.82 Å². The van der Waals surface area contributed by atoms with Crippen molar-refractivity contribution in [3.63, 3.8) is 0 Å². The summed E-state index contributed by atoms with van der Waals surface area (Å²) in [5, 5.41) is 2.55. The molecule has 0 saturated carbocycles. The molecule has 4 aromatic rings. The molecule has 1 amide bonds. The van der Waals surface area contributed by atoms with Crippen LogP contribution in [0.15, 0.2) is 71.1 Å². The van der Waals surface area contributed by atoms with Crippen LogP contribution in [0.1, 0.15) is 15.9 Å². The molecule has 0 aliphatic carbocycles. The van der Waals surface area contributed by atoms with E-state index in [9.17, 15) is 14.0 Å². The molecule has 1 heterocycles. The molecule has 0 unspecified atom stereocenters. The highest BCUT2D eigenvalue weighted by Gasteiger charge is 2.12. The van der Waals surface area contributed by atoms with Crippen LogP contribution in [0.2, 0.25) is 5.02 Å². The van der Waals surface area contributed by atoms with Crippen LogP contribution in [-0.2, 0) is 15.3 Å². The van der Waals surface area contributed by atoms with Crippen molar-refractivity contribution in [3.05, 3.63) is 88.7 Å². The number of hydrogen-bond acceptors (Lipinski definition) is 6. The van der Waals surface area contributed by atoms with Crippen molar-refractivity contribution in [3.8, 4) is 0 Å². The van der Waals surface area contributed by atoms with E-state index in [4.69, 9.17) is 16.3 Å². The van der Waals surface area contributed by atoms with Crippen LogP contribution in [-0.4, -0.2) is 23.5 Å². The van der Waals surface area contributed by atoms with Gasteiger partial charge in [0.1, 0.15) is 5.82 Å². The number of esters is 1. The number of hydrogen-bond donors (Lipinski definition) is 1. The fraction of sp³-hybridized carbons (Fsp3) is 0.0870. The second-order valence-corrected chi connectivity index (χ2v) is 9.37. The summed E-state index contributed by atoms with van der Waals surface area (Å²) in [7, 11) is 0. The summed E-state index contributed by atoms with van der Waals surface area (Å²) in [5.74, 6) is -1.24. The maximum atomic E-state index is 13.7. The van der Waals surface area contributed by atoms with Crippen LogP contribution in [0.5, 0.6) is 0 Å². The molecule has 0 bridgehead atoms. The van der Waals surface area contributed by atoms with Crippen molar-refractivity contribution in [1.29, 1.82) is 0 Å². The number of para-hydroxylation sites is 1. The highest BCUT2D eigenvalue weighted by molar-refractivity contribution is 8.00. The summed E-state index contributed by atoms with van der Waals surface area (Å²) in [4.78, 5) is 28.7. The van der Waals surface area contributed by atoms with Crippen molar-refractivity contribution in [2.24, 2.45) is 0 Å². The van der Waals surface area contributed by atoms with E-state index in [1.54, 1.807) is 35.2 Å². The Morgan fingerprint density at radius 1 is 1.09 bits per heavy atom. The number of nitrogens with one attached hydrogen (secondary N) is 1. The van der Waals surface area contributed by atoms with Gasteiger partial charge in [-0.05, 0) is 48.0 Å². The smallest absolute Gasteiger partial charge is 0.338 e. The third-order valence-electron chi connectivity index (χ3n) is 4.37. The van der Waals surface area contributed by atoms with Crippen LogP contribution in [0.25, 0.3) is 10.2 Å². The van der Waals surface area contributed by atoms with Gasteiger partial charge in [-0.3, -0.25) is 4.79 Å². The number of benzene rings is 3. The third-order valence-corrected chi connectivity index (χ3v) is 6.85. The number of fused-ring (bicyclic) bond motifs is 1. The SMILES string of the molecule is O=C(COC(=O)c1ccc(CSc2nc3ccccc3s2)cc1)Nc1ccc(Cl)cc1F. The van der Waals surface area contributed by atoms with Crippen molar-refractivity contribution in [2.45, 2.75) is 10.1 Å². The summed E-state index contributed by atoms with van der Waals surface area (Å²) in [6.07, 6.45) is 0. The molecule has 3 aromatic carbocycles. The molecular weight excluding hydrogens is 471 g/mol. The number of amides is 1. The van der Waals surface area contributed by atoms with Gasteiger partial charge >= 0.3 is 5.97 Å². The first kappa shape index (κ1) is 22.3. The molecule has 0 saturated heterocycles. The van der Waals surface area contributed by atoms with E-state index in [1.165, 1.54) is 12.1 Å². The normalized spacial score (nSPS) is 10.8. The molecule has 4 rings (SSSR count). The van der Waals surface area contributed by atoms with Crippen LogP contribution >= 0.6 is 34.7 Å². The van der Waals surface area contributed by atoms with Gasteiger partial charge in [-0.1, -0.05) is 47.6 Å². The number of aromatic nitrogens is 1. The van der Waals surface area contributed by atoms with E-state index in [0.717, 1.165) is 26.2 Å². The highest BCUT2D eigenvalue weighted by atomic mass is 35.5. The van der Waals surface area contributed by atoms with Gasteiger partial charge in [-0.15, -0.1) is 11.3 Å². The summed E-state index contributed by atoms with van der Waals surface area (Å²) in [6.45, 7) is -0.532. The Hall–Kier alpha value is -2.94. The predicted octanol–water partition coefficient (Wildman–Crippen LogP) is 6.18. The van der Waals surface area contributed by atoms with Crippen LogP contribution < -0.4 is 5.32 Å². The Morgan fingerprint density at radius 3 is 2.62 bits per heavy atom. The number of nitrogens with zero attached hydrogens (tertiary/aromatic N) is 1. The number of carbonyl (C=O) groups excluding carboxylic acids is 2. The highest BCUT2D eigenvalue weighted by Crippen LogP contribution is 2.31. The summed E-state index contributed by atoms with van der Waals surface area (Å²) >= 11 is 8.95. The Balaban J connectivity index is 1.27. The quantitative estimate of drug-likeness (QED) is 0.249. The lowest BCUT2D eigenvalue weighted by Gasteiger charge is -2.08. The van der Waals surface area contributed by atoms with E-state index in [0.29, 0.717) is 11.3 Å². The van der Waals surface area contributed by atoms with Crippen molar-refractivity contribution in [2.75, 3.05) is 11.9 Å². The number of anilines is 1. The van der Waals surface area contributed by atoms with Gasteiger partial charge in [0.15, 0.2) is 10.9 Å². The van der Waals surface area contributed by atoms with E-state index in [-0.39, 0.29) is 10.7 Å². The summed E-state index contributed by atoms with van der Waals surface area (Å²) in [6, 6.07) is 18.8. The zero-order valence-electron chi connectivity index (χ0n) is 16.5. The molecule has 0 aliphatic rings. The molecular formula is C23H16ClFN2O3S2. The molecule has 9 heteroatoms. The van der Waals surface area contributed by atoms with E-state index in [1.807, 2.05) is 36.4 Å². The third kappa shape index (κ3) is 5.64. The Labute approximate surface area is 196 Å². The number of rotatable bonds is 7. The largest absolute Gasteiger partial charge is 0.452 e. The van der Waals surface area contributed by atoms with Gasteiger partial charge in [0.25, 0.3) is 5.91 Å². The number of carbonyl (C=O) groups is 2. The van der Waals surface area contributed by atoms with Gasteiger partial charge in [0, 0.05) is 10.8 Å². The lowest BCUT2D eigenvalue weighted by atomic mass is 10.1. The van der Waals surface area contributed by atoms with Crippen molar-refractivity contribution >= 4 is 62.5 Å². The number of thioether (sulfide) groups is 1. The topological polar surface area (TPSA) is 68.3 Å². The maximum Gasteiger partial charge on any atom is 0.338 e.